The molecule has 0 amide bonds. The van der Waals surface area contributed by atoms with Gasteiger partial charge in [0.05, 0.1) is 6.61 Å². The second kappa shape index (κ2) is 4.50. The highest BCUT2D eigenvalue weighted by Crippen LogP contribution is 2.33. The Bertz CT molecular complexity index is 334. The van der Waals surface area contributed by atoms with E-state index in [0.29, 0.717) is 12.5 Å². The number of hydrogen-bond donors (Lipinski definition) is 0. The predicted octanol–water partition coefficient (Wildman–Crippen LogP) is 3.01. The summed E-state index contributed by atoms with van der Waals surface area (Å²) < 4.78 is 18.4. The highest BCUT2D eigenvalue weighted by atomic mass is 35.5. The predicted molar refractivity (Wildman–Crippen MR) is 58.7 cm³/mol. The van der Waals surface area contributed by atoms with Crippen LogP contribution in [0.5, 0.6) is 0 Å². The van der Waals surface area contributed by atoms with Gasteiger partial charge in [0.15, 0.2) is 0 Å². The van der Waals surface area contributed by atoms with Gasteiger partial charge in [-0.3, -0.25) is 0 Å². The fourth-order valence-corrected chi connectivity index (χ4v) is 2.33. The van der Waals surface area contributed by atoms with Gasteiger partial charge in [0, 0.05) is 17.9 Å². The van der Waals surface area contributed by atoms with Gasteiger partial charge in [0.1, 0.15) is 5.82 Å². The Morgan fingerprint density at radius 2 is 2.33 bits per heavy atom. The average Bonchev–Trinajstić information content (AvgIpc) is 2.67. The molecule has 3 heteroatoms. The zero-order valence-electron chi connectivity index (χ0n) is 8.51. The summed E-state index contributed by atoms with van der Waals surface area (Å²) >= 11 is 5.98. The van der Waals surface area contributed by atoms with Crippen molar-refractivity contribution in [1.82, 2.24) is 0 Å². The molecule has 0 saturated carbocycles. The van der Waals surface area contributed by atoms with E-state index in [1.54, 1.807) is 12.1 Å². The van der Waals surface area contributed by atoms with Crippen molar-refractivity contribution in [1.29, 1.82) is 0 Å². The maximum atomic E-state index is 13.0. The van der Waals surface area contributed by atoms with E-state index in [4.69, 9.17) is 16.3 Å². The minimum atomic E-state index is -0.184. The van der Waals surface area contributed by atoms with Crippen LogP contribution in [0.1, 0.15) is 12.0 Å². The number of ether oxygens (including phenoxy) is 1. The number of hydrogen-bond acceptors (Lipinski definition) is 1. The van der Waals surface area contributed by atoms with E-state index in [2.05, 4.69) is 0 Å². The molecule has 15 heavy (non-hydrogen) atoms. The second-order valence-corrected chi connectivity index (χ2v) is 4.51. The first kappa shape index (κ1) is 10.9. The van der Waals surface area contributed by atoms with Crippen LogP contribution in [0.3, 0.4) is 0 Å². The van der Waals surface area contributed by atoms with Gasteiger partial charge in [-0.15, -0.1) is 11.6 Å². The SMILES string of the molecule is Fc1cccc(CC2(CCl)CCOC2)c1. The third-order valence-corrected chi connectivity index (χ3v) is 3.50. The van der Waals surface area contributed by atoms with Crippen LogP contribution in [0.15, 0.2) is 24.3 Å². The van der Waals surface area contributed by atoms with Crippen molar-refractivity contribution < 1.29 is 9.13 Å². The summed E-state index contributed by atoms with van der Waals surface area (Å²) in [5.41, 5.74) is 1.01. The molecule has 1 aliphatic heterocycles. The summed E-state index contributed by atoms with van der Waals surface area (Å²) in [5.74, 6) is 0.389. The lowest BCUT2D eigenvalue weighted by Gasteiger charge is -2.24. The van der Waals surface area contributed by atoms with Crippen LogP contribution >= 0.6 is 11.6 Å². The first-order chi connectivity index (χ1) is 7.24. The molecule has 0 aliphatic carbocycles. The fraction of sp³-hybridized carbons (Fsp3) is 0.500. The molecule has 1 aliphatic rings. The van der Waals surface area contributed by atoms with Crippen molar-refractivity contribution in [3.63, 3.8) is 0 Å². The highest BCUT2D eigenvalue weighted by molar-refractivity contribution is 6.18. The molecule has 1 aromatic carbocycles. The normalized spacial score (nSPS) is 25.7. The van der Waals surface area contributed by atoms with Crippen LogP contribution in [0, 0.1) is 11.2 Å². The maximum absolute atomic E-state index is 13.0. The lowest BCUT2D eigenvalue weighted by Crippen LogP contribution is -2.26. The molecular weight excluding hydrogens is 215 g/mol. The van der Waals surface area contributed by atoms with Crippen molar-refractivity contribution in [2.75, 3.05) is 19.1 Å². The maximum Gasteiger partial charge on any atom is 0.123 e. The van der Waals surface area contributed by atoms with E-state index in [0.717, 1.165) is 25.0 Å². The van der Waals surface area contributed by atoms with Gasteiger partial charge < -0.3 is 4.74 Å². The number of halogens is 2. The Balaban J connectivity index is 2.12. The summed E-state index contributed by atoms with van der Waals surface area (Å²) in [4.78, 5) is 0. The largest absolute Gasteiger partial charge is 0.381 e. The molecule has 1 nitrogen and oxygen atoms in total. The van der Waals surface area contributed by atoms with Crippen LogP contribution in [-0.2, 0) is 11.2 Å². The molecule has 1 atom stereocenters. The summed E-state index contributed by atoms with van der Waals surface area (Å²) in [6, 6.07) is 6.72. The van der Waals surface area contributed by atoms with E-state index >= 15 is 0 Å². The molecule has 1 aromatic rings. The van der Waals surface area contributed by atoms with Gasteiger partial charge in [0.25, 0.3) is 0 Å². The lowest BCUT2D eigenvalue weighted by atomic mass is 9.83. The first-order valence-electron chi connectivity index (χ1n) is 5.12. The molecule has 82 valence electrons. The minimum absolute atomic E-state index is 0.00927. The van der Waals surface area contributed by atoms with Crippen LogP contribution in [0.4, 0.5) is 4.39 Å². The Morgan fingerprint density at radius 1 is 1.47 bits per heavy atom. The zero-order chi connectivity index (χ0) is 10.7. The molecule has 0 radical (unpaired) electrons. The molecular formula is C12H14ClFO. The van der Waals surface area contributed by atoms with Crippen molar-refractivity contribution >= 4 is 11.6 Å². The second-order valence-electron chi connectivity index (χ2n) is 4.24. The lowest BCUT2D eigenvalue weighted by molar-refractivity contribution is 0.161. The fourth-order valence-electron chi connectivity index (χ4n) is 2.02. The van der Waals surface area contributed by atoms with Crippen molar-refractivity contribution in [3.8, 4) is 0 Å². The average molecular weight is 229 g/mol. The Hall–Kier alpha value is -0.600. The standard InChI is InChI=1S/C12H14ClFO/c13-8-12(4-5-15-9-12)7-10-2-1-3-11(14)6-10/h1-3,6H,4-5,7-9H2. The molecule has 1 unspecified atom stereocenters. The Labute approximate surface area is 94.2 Å². The molecule has 1 fully saturated rings. The number of benzene rings is 1. The van der Waals surface area contributed by atoms with Gasteiger partial charge in [-0.25, -0.2) is 4.39 Å². The molecule has 0 bridgehead atoms. The molecule has 0 N–H and O–H groups in total. The summed E-state index contributed by atoms with van der Waals surface area (Å²) in [6.45, 7) is 1.45. The monoisotopic (exact) mass is 228 g/mol. The van der Waals surface area contributed by atoms with E-state index in [-0.39, 0.29) is 11.2 Å². The van der Waals surface area contributed by atoms with Gasteiger partial charge in [0.2, 0.25) is 0 Å². The van der Waals surface area contributed by atoms with Gasteiger partial charge in [-0.2, -0.15) is 0 Å². The summed E-state index contributed by atoms with van der Waals surface area (Å²) in [7, 11) is 0. The molecule has 0 spiro atoms. The molecule has 1 heterocycles. The van der Waals surface area contributed by atoms with Crippen molar-refractivity contribution in [2.24, 2.45) is 5.41 Å². The molecule has 2 rings (SSSR count). The van der Waals surface area contributed by atoms with Crippen molar-refractivity contribution in [3.05, 3.63) is 35.6 Å². The summed E-state index contributed by atoms with van der Waals surface area (Å²) in [5, 5.41) is 0. The van der Waals surface area contributed by atoms with E-state index in [1.165, 1.54) is 6.07 Å². The highest BCUT2D eigenvalue weighted by Gasteiger charge is 2.34. The van der Waals surface area contributed by atoms with Crippen LogP contribution < -0.4 is 0 Å². The van der Waals surface area contributed by atoms with E-state index < -0.39 is 0 Å². The smallest absolute Gasteiger partial charge is 0.123 e. The number of rotatable bonds is 3. The zero-order valence-corrected chi connectivity index (χ0v) is 9.27. The van der Waals surface area contributed by atoms with Gasteiger partial charge >= 0.3 is 0 Å². The third-order valence-electron chi connectivity index (χ3n) is 2.94. The van der Waals surface area contributed by atoms with E-state index in [9.17, 15) is 4.39 Å². The first-order valence-corrected chi connectivity index (χ1v) is 5.66. The van der Waals surface area contributed by atoms with Gasteiger partial charge in [-0.05, 0) is 30.5 Å². The van der Waals surface area contributed by atoms with Crippen LogP contribution in [0.25, 0.3) is 0 Å². The van der Waals surface area contributed by atoms with Gasteiger partial charge in [-0.1, -0.05) is 12.1 Å². The summed E-state index contributed by atoms with van der Waals surface area (Å²) in [6.07, 6.45) is 1.77. The number of alkyl halides is 1. The third kappa shape index (κ3) is 2.50. The van der Waals surface area contributed by atoms with E-state index in [1.807, 2.05) is 6.07 Å². The minimum Gasteiger partial charge on any atom is -0.381 e. The Kier molecular flexibility index (Phi) is 3.27. The molecule has 1 saturated heterocycles. The topological polar surface area (TPSA) is 9.23 Å². The van der Waals surface area contributed by atoms with Crippen molar-refractivity contribution in [2.45, 2.75) is 12.8 Å². The Morgan fingerprint density at radius 3 is 2.93 bits per heavy atom. The quantitative estimate of drug-likeness (QED) is 0.723. The molecule has 0 aromatic heterocycles. The van der Waals surface area contributed by atoms with Crippen LogP contribution in [0.2, 0.25) is 0 Å². The van der Waals surface area contributed by atoms with Crippen LogP contribution in [-0.4, -0.2) is 19.1 Å².